The number of hydrogen-bond acceptors (Lipinski definition) is 11. The molecule has 23 heavy (non-hydrogen) atoms. The first-order chi connectivity index (χ1) is 10.8. The predicted molar refractivity (Wildman–Crippen MR) is 68.6 cm³/mol. The number of aliphatic hydroxyl groups excluding tert-OH is 8. The SMILES string of the molecule is OCC1O[C@@H](O[C@H]2C(CO)O[C@@H](O)C(O)[C@H]2O)C(O)[C@@H](O)[C@H]1O. The molecule has 0 aliphatic carbocycles. The number of aliphatic hydroxyl groups is 8. The highest BCUT2D eigenvalue weighted by atomic mass is 16.7. The van der Waals surface area contributed by atoms with Gasteiger partial charge in [-0.2, -0.15) is 0 Å². The molecule has 2 rings (SSSR count). The van der Waals surface area contributed by atoms with Crippen molar-refractivity contribution in [1.82, 2.24) is 0 Å². The largest absolute Gasteiger partial charge is 0.394 e. The van der Waals surface area contributed by atoms with Gasteiger partial charge in [0.2, 0.25) is 0 Å². The highest BCUT2D eigenvalue weighted by Crippen LogP contribution is 2.28. The van der Waals surface area contributed by atoms with Gasteiger partial charge in [0.25, 0.3) is 0 Å². The zero-order chi connectivity index (χ0) is 17.3. The van der Waals surface area contributed by atoms with Crippen LogP contribution in [0.15, 0.2) is 0 Å². The quantitative estimate of drug-likeness (QED) is 0.243. The number of rotatable bonds is 4. The summed E-state index contributed by atoms with van der Waals surface area (Å²) >= 11 is 0. The molecule has 4 unspecified atom stereocenters. The average molecular weight is 342 g/mol. The van der Waals surface area contributed by atoms with Crippen molar-refractivity contribution in [3.8, 4) is 0 Å². The maximum atomic E-state index is 9.94. The fraction of sp³-hybridized carbons (Fsp3) is 1.00. The van der Waals surface area contributed by atoms with E-state index in [-0.39, 0.29) is 0 Å². The lowest BCUT2D eigenvalue weighted by molar-refractivity contribution is -0.355. The van der Waals surface area contributed by atoms with E-state index in [4.69, 9.17) is 19.3 Å². The second kappa shape index (κ2) is 7.63. The molecule has 136 valence electrons. The minimum Gasteiger partial charge on any atom is -0.394 e. The van der Waals surface area contributed by atoms with Crippen LogP contribution in [-0.4, -0.2) is 115 Å². The smallest absolute Gasteiger partial charge is 0.187 e. The third-order valence-electron chi connectivity index (χ3n) is 3.98. The molecule has 0 aromatic carbocycles. The maximum absolute atomic E-state index is 9.94. The Balaban J connectivity index is 2.11. The molecule has 0 spiro atoms. The van der Waals surface area contributed by atoms with Crippen molar-refractivity contribution in [2.75, 3.05) is 13.2 Å². The molecule has 0 aromatic rings. The van der Waals surface area contributed by atoms with E-state index in [1.807, 2.05) is 0 Å². The van der Waals surface area contributed by atoms with E-state index in [0.29, 0.717) is 0 Å². The van der Waals surface area contributed by atoms with Crippen molar-refractivity contribution in [2.45, 2.75) is 61.4 Å². The van der Waals surface area contributed by atoms with E-state index in [1.54, 1.807) is 0 Å². The van der Waals surface area contributed by atoms with Gasteiger partial charge in [0.1, 0.15) is 48.8 Å². The molecule has 8 N–H and O–H groups in total. The van der Waals surface area contributed by atoms with E-state index in [0.717, 1.165) is 0 Å². The molecule has 0 radical (unpaired) electrons. The van der Waals surface area contributed by atoms with Crippen molar-refractivity contribution in [3.63, 3.8) is 0 Å². The third-order valence-corrected chi connectivity index (χ3v) is 3.98. The topological polar surface area (TPSA) is 190 Å². The van der Waals surface area contributed by atoms with Crippen LogP contribution in [0.2, 0.25) is 0 Å². The summed E-state index contributed by atoms with van der Waals surface area (Å²) in [5, 5.41) is 76.5. The minimum absolute atomic E-state index is 0.667. The Kier molecular flexibility index (Phi) is 6.27. The van der Waals surface area contributed by atoms with E-state index < -0.39 is 74.6 Å². The first kappa shape index (κ1) is 18.9. The summed E-state index contributed by atoms with van der Waals surface area (Å²) in [6.45, 7) is -1.35. The van der Waals surface area contributed by atoms with E-state index >= 15 is 0 Å². The molecule has 10 atom stereocenters. The monoisotopic (exact) mass is 342 g/mol. The third kappa shape index (κ3) is 3.65. The molecular weight excluding hydrogens is 320 g/mol. The first-order valence-electron chi connectivity index (χ1n) is 7.08. The van der Waals surface area contributed by atoms with Gasteiger partial charge < -0.3 is 55.1 Å². The molecule has 2 fully saturated rings. The Hall–Kier alpha value is -0.440. The van der Waals surface area contributed by atoms with Crippen molar-refractivity contribution < 1.29 is 55.1 Å². The zero-order valence-electron chi connectivity index (χ0n) is 12.0. The van der Waals surface area contributed by atoms with E-state index in [9.17, 15) is 35.7 Å². The lowest BCUT2D eigenvalue weighted by atomic mass is 9.97. The standard InChI is InChI=1S/C12H22O11/c13-1-3-5(15)6(16)9(19)12(22-3)23-10-4(2-14)21-11(20)8(18)7(10)17/h3-20H,1-2H2/t3?,4?,5-,6-,7+,8?,9?,10-,11+,12-/m0/s1. The fourth-order valence-electron chi connectivity index (χ4n) is 2.57. The van der Waals surface area contributed by atoms with Crippen molar-refractivity contribution in [2.24, 2.45) is 0 Å². The molecule has 0 amide bonds. The van der Waals surface area contributed by atoms with Crippen molar-refractivity contribution >= 4 is 0 Å². The van der Waals surface area contributed by atoms with Crippen LogP contribution in [0, 0.1) is 0 Å². The lowest BCUT2D eigenvalue weighted by Gasteiger charge is -2.45. The zero-order valence-corrected chi connectivity index (χ0v) is 12.0. The molecule has 2 heterocycles. The Morgan fingerprint density at radius 2 is 1.26 bits per heavy atom. The van der Waals surface area contributed by atoms with Gasteiger partial charge in [-0.25, -0.2) is 0 Å². The highest BCUT2D eigenvalue weighted by Gasteiger charge is 2.50. The summed E-state index contributed by atoms with van der Waals surface area (Å²) in [7, 11) is 0. The Morgan fingerprint density at radius 1 is 0.652 bits per heavy atom. The number of hydrogen-bond donors (Lipinski definition) is 8. The summed E-state index contributed by atoms with van der Waals surface area (Å²) in [5.41, 5.74) is 0. The van der Waals surface area contributed by atoms with Gasteiger partial charge in [-0.15, -0.1) is 0 Å². The van der Waals surface area contributed by atoms with Gasteiger partial charge in [-0.05, 0) is 0 Å². The van der Waals surface area contributed by atoms with Crippen molar-refractivity contribution in [3.05, 3.63) is 0 Å². The second-order valence-electron chi connectivity index (χ2n) is 5.53. The van der Waals surface area contributed by atoms with Crippen LogP contribution in [0.4, 0.5) is 0 Å². The Bertz CT molecular complexity index is 378. The van der Waals surface area contributed by atoms with Gasteiger partial charge >= 0.3 is 0 Å². The van der Waals surface area contributed by atoms with Gasteiger partial charge in [0, 0.05) is 0 Å². The summed E-state index contributed by atoms with van der Waals surface area (Å²) in [4.78, 5) is 0. The molecule has 2 aliphatic heterocycles. The highest BCUT2D eigenvalue weighted by molar-refractivity contribution is 4.93. The lowest BCUT2D eigenvalue weighted by Crippen LogP contribution is -2.64. The van der Waals surface area contributed by atoms with E-state index in [2.05, 4.69) is 0 Å². The Morgan fingerprint density at radius 3 is 1.83 bits per heavy atom. The van der Waals surface area contributed by atoms with Crippen LogP contribution in [0.1, 0.15) is 0 Å². The molecule has 2 saturated heterocycles. The van der Waals surface area contributed by atoms with Gasteiger partial charge in [0.05, 0.1) is 13.2 Å². The second-order valence-corrected chi connectivity index (χ2v) is 5.53. The molecule has 0 saturated carbocycles. The summed E-state index contributed by atoms with van der Waals surface area (Å²) in [5.74, 6) is 0. The maximum Gasteiger partial charge on any atom is 0.187 e. The summed E-state index contributed by atoms with van der Waals surface area (Å²) in [6.07, 6.45) is -15.6. The van der Waals surface area contributed by atoms with Crippen LogP contribution in [0.3, 0.4) is 0 Å². The van der Waals surface area contributed by atoms with Crippen molar-refractivity contribution in [1.29, 1.82) is 0 Å². The number of ether oxygens (including phenoxy) is 3. The molecule has 0 aromatic heterocycles. The van der Waals surface area contributed by atoms with Crippen LogP contribution < -0.4 is 0 Å². The van der Waals surface area contributed by atoms with E-state index in [1.165, 1.54) is 0 Å². The molecule has 11 heteroatoms. The van der Waals surface area contributed by atoms with Gasteiger partial charge in [-0.3, -0.25) is 0 Å². The van der Waals surface area contributed by atoms with Crippen LogP contribution in [0.5, 0.6) is 0 Å². The predicted octanol–water partition coefficient (Wildman–Crippen LogP) is -5.40. The van der Waals surface area contributed by atoms with Crippen LogP contribution in [-0.2, 0) is 14.2 Å². The molecular formula is C12H22O11. The fourth-order valence-corrected chi connectivity index (χ4v) is 2.57. The molecule has 2 aliphatic rings. The van der Waals surface area contributed by atoms with Gasteiger partial charge in [0.15, 0.2) is 12.6 Å². The first-order valence-corrected chi connectivity index (χ1v) is 7.08. The minimum atomic E-state index is -1.74. The van der Waals surface area contributed by atoms with Crippen LogP contribution >= 0.6 is 0 Å². The van der Waals surface area contributed by atoms with Gasteiger partial charge in [-0.1, -0.05) is 0 Å². The summed E-state index contributed by atoms with van der Waals surface area (Å²) in [6, 6.07) is 0. The normalized spacial score (nSPS) is 51.7. The Labute approximate surface area is 130 Å². The molecule has 0 bridgehead atoms. The van der Waals surface area contributed by atoms with Crippen LogP contribution in [0.25, 0.3) is 0 Å². The average Bonchev–Trinajstić information content (AvgIpc) is 2.55. The summed E-state index contributed by atoms with van der Waals surface area (Å²) < 4.78 is 15.3. The molecule has 11 nitrogen and oxygen atoms in total.